The van der Waals surface area contributed by atoms with Crippen LogP contribution in [0.15, 0.2) is 59.8 Å². The van der Waals surface area contributed by atoms with Gasteiger partial charge in [-0.25, -0.2) is 9.18 Å². The summed E-state index contributed by atoms with van der Waals surface area (Å²) in [5, 5.41) is 9.06. The van der Waals surface area contributed by atoms with Crippen LogP contribution in [0.5, 0.6) is 0 Å². The summed E-state index contributed by atoms with van der Waals surface area (Å²) >= 11 is 1.28. The van der Waals surface area contributed by atoms with Crippen molar-refractivity contribution in [2.24, 2.45) is 0 Å². The minimum absolute atomic E-state index is 0.0461. The summed E-state index contributed by atoms with van der Waals surface area (Å²) in [6.07, 6.45) is -0.348. The Labute approximate surface area is 201 Å². The van der Waals surface area contributed by atoms with E-state index >= 15 is 0 Å². The van der Waals surface area contributed by atoms with E-state index in [0.717, 1.165) is 5.56 Å². The molecule has 0 radical (unpaired) electrons. The summed E-state index contributed by atoms with van der Waals surface area (Å²) in [6.45, 7) is 4.33. The molecule has 0 N–H and O–H groups in total. The van der Waals surface area contributed by atoms with Gasteiger partial charge in [-0.3, -0.25) is 9.36 Å². The van der Waals surface area contributed by atoms with E-state index in [0.29, 0.717) is 55.9 Å². The van der Waals surface area contributed by atoms with Crippen molar-refractivity contribution in [1.82, 2.24) is 24.6 Å². The van der Waals surface area contributed by atoms with Crippen LogP contribution in [0.1, 0.15) is 12.5 Å². The molecular formula is C24H26FN5O3S. The molecule has 0 saturated carbocycles. The summed E-state index contributed by atoms with van der Waals surface area (Å²) in [7, 11) is 0. The van der Waals surface area contributed by atoms with E-state index in [1.165, 1.54) is 17.8 Å². The smallest absolute Gasteiger partial charge is 0.409 e. The third kappa shape index (κ3) is 5.56. The summed E-state index contributed by atoms with van der Waals surface area (Å²) in [4.78, 5) is 28.0. The molecule has 2 amide bonds. The Morgan fingerprint density at radius 2 is 1.65 bits per heavy atom. The lowest BCUT2D eigenvalue weighted by Gasteiger charge is -2.34. The average molecular weight is 484 g/mol. The molecule has 2 heterocycles. The monoisotopic (exact) mass is 483 g/mol. The van der Waals surface area contributed by atoms with Gasteiger partial charge in [-0.2, -0.15) is 0 Å². The van der Waals surface area contributed by atoms with Crippen molar-refractivity contribution in [1.29, 1.82) is 0 Å². The number of piperazine rings is 1. The number of aromatic nitrogens is 3. The summed E-state index contributed by atoms with van der Waals surface area (Å²) in [5.41, 5.74) is 1.38. The maximum atomic E-state index is 14.5. The van der Waals surface area contributed by atoms with Crippen LogP contribution in [0.4, 0.5) is 9.18 Å². The Morgan fingerprint density at radius 3 is 2.35 bits per heavy atom. The third-order valence-electron chi connectivity index (χ3n) is 5.50. The van der Waals surface area contributed by atoms with Crippen molar-refractivity contribution in [2.75, 3.05) is 38.5 Å². The summed E-state index contributed by atoms with van der Waals surface area (Å²) in [5.74, 6) is 0.162. The molecule has 1 aromatic heterocycles. The summed E-state index contributed by atoms with van der Waals surface area (Å²) < 4.78 is 21.4. The number of nitrogens with zero attached hydrogens (tertiary/aromatic N) is 5. The van der Waals surface area contributed by atoms with Gasteiger partial charge < -0.3 is 14.5 Å². The molecule has 1 aliphatic rings. The van der Waals surface area contributed by atoms with Crippen LogP contribution in [0, 0.1) is 5.82 Å². The first-order valence-electron chi connectivity index (χ1n) is 11.1. The number of hydrogen-bond donors (Lipinski definition) is 0. The van der Waals surface area contributed by atoms with E-state index in [9.17, 15) is 14.0 Å². The number of benzene rings is 2. The second kappa shape index (κ2) is 11.1. The Kier molecular flexibility index (Phi) is 7.79. The topological polar surface area (TPSA) is 80.6 Å². The zero-order valence-electron chi connectivity index (χ0n) is 18.9. The van der Waals surface area contributed by atoms with Crippen LogP contribution in [0.2, 0.25) is 0 Å². The number of carbonyl (C=O) groups is 2. The maximum Gasteiger partial charge on any atom is 0.409 e. The normalized spacial score (nSPS) is 13.7. The van der Waals surface area contributed by atoms with Gasteiger partial charge in [0.15, 0.2) is 11.0 Å². The van der Waals surface area contributed by atoms with Gasteiger partial charge in [-0.05, 0) is 24.6 Å². The molecule has 0 atom stereocenters. The lowest BCUT2D eigenvalue weighted by atomic mass is 10.2. The second-order valence-corrected chi connectivity index (χ2v) is 8.66. The van der Waals surface area contributed by atoms with Gasteiger partial charge in [0.2, 0.25) is 5.91 Å². The minimum Gasteiger partial charge on any atom is -0.450 e. The van der Waals surface area contributed by atoms with E-state index in [1.807, 2.05) is 34.9 Å². The number of hydrogen-bond acceptors (Lipinski definition) is 6. The van der Waals surface area contributed by atoms with E-state index in [-0.39, 0.29) is 23.6 Å². The predicted molar refractivity (Wildman–Crippen MR) is 127 cm³/mol. The van der Waals surface area contributed by atoms with Gasteiger partial charge in [-0.15, -0.1) is 10.2 Å². The van der Waals surface area contributed by atoms with Gasteiger partial charge in [0.25, 0.3) is 0 Å². The SMILES string of the molecule is CCOC(=O)N1CCN(C(=O)CSc2nnc(-c3ccccc3F)n2Cc2ccccc2)CC1. The van der Waals surface area contributed by atoms with Crippen molar-refractivity contribution in [3.63, 3.8) is 0 Å². The van der Waals surface area contributed by atoms with E-state index in [2.05, 4.69) is 10.2 Å². The molecule has 1 saturated heterocycles. The fourth-order valence-corrected chi connectivity index (χ4v) is 4.56. The first-order chi connectivity index (χ1) is 16.6. The van der Waals surface area contributed by atoms with Crippen molar-refractivity contribution < 1.29 is 18.7 Å². The van der Waals surface area contributed by atoms with Gasteiger partial charge >= 0.3 is 6.09 Å². The largest absolute Gasteiger partial charge is 0.450 e. The number of thioether (sulfide) groups is 1. The Morgan fingerprint density at radius 1 is 0.971 bits per heavy atom. The van der Waals surface area contributed by atoms with Gasteiger partial charge in [0.05, 0.1) is 24.5 Å². The maximum absolute atomic E-state index is 14.5. The standard InChI is InChI=1S/C24H26FN5O3S/c1-2-33-24(32)29-14-12-28(13-15-29)21(31)17-34-23-27-26-22(19-10-6-7-11-20(19)25)30(23)16-18-8-4-3-5-9-18/h3-11H,2,12-17H2,1H3. The molecule has 0 bridgehead atoms. The molecule has 0 unspecified atom stereocenters. The number of ether oxygens (including phenoxy) is 1. The molecule has 10 heteroatoms. The van der Waals surface area contributed by atoms with Gasteiger partial charge in [-0.1, -0.05) is 54.2 Å². The predicted octanol–water partition coefficient (Wildman–Crippen LogP) is 3.53. The number of halogens is 1. The van der Waals surface area contributed by atoms with Crippen LogP contribution in [-0.2, 0) is 16.1 Å². The fourth-order valence-electron chi connectivity index (χ4n) is 3.72. The van der Waals surface area contributed by atoms with E-state index in [1.54, 1.807) is 34.9 Å². The van der Waals surface area contributed by atoms with Gasteiger partial charge in [0.1, 0.15) is 5.82 Å². The number of carbonyl (C=O) groups excluding carboxylic acids is 2. The van der Waals surface area contributed by atoms with Crippen molar-refractivity contribution in [2.45, 2.75) is 18.6 Å². The zero-order chi connectivity index (χ0) is 23.9. The molecule has 1 fully saturated rings. The first-order valence-corrected chi connectivity index (χ1v) is 12.1. The average Bonchev–Trinajstić information content (AvgIpc) is 3.25. The molecule has 8 nitrogen and oxygen atoms in total. The molecule has 3 aromatic rings. The molecule has 178 valence electrons. The van der Waals surface area contributed by atoms with E-state index in [4.69, 9.17) is 4.74 Å². The molecule has 34 heavy (non-hydrogen) atoms. The number of rotatable bonds is 7. The number of amides is 2. The van der Waals surface area contributed by atoms with Crippen LogP contribution in [0.3, 0.4) is 0 Å². The highest BCUT2D eigenvalue weighted by Crippen LogP contribution is 2.27. The minimum atomic E-state index is -0.378. The molecule has 0 spiro atoms. The third-order valence-corrected chi connectivity index (χ3v) is 6.45. The Hall–Kier alpha value is -3.40. The lowest BCUT2D eigenvalue weighted by molar-refractivity contribution is -0.129. The van der Waals surface area contributed by atoms with Gasteiger partial charge in [0, 0.05) is 26.2 Å². The van der Waals surface area contributed by atoms with Crippen LogP contribution in [0.25, 0.3) is 11.4 Å². The lowest BCUT2D eigenvalue weighted by Crippen LogP contribution is -2.51. The van der Waals surface area contributed by atoms with Crippen LogP contribution < -0.4 is 0 Å². The molecule has 0 aliphatic carbocycles. The molecule has 1 aliphatic heterocycles. The summed E-state index contributed by atoms with van der Waals surface area (Å²) in [6, 6.07) is 16.2. The first kappa shape index (κ1) is 23.7. The molecular weight excluding hydrogens is 457 g/mol. The highest BCUT2D eigenvalue weighted by atomic mass is 32.2. The van der Waals surface area contributed by atoms with Crippen molar-refractivity contribution in [3.8, 4) is 11.4 Å². The quantitative estimate of drug-likeness (QED) is 0.479. The van der Waals surface area contributed by atoms with Crippen LogP contribution >= 0.6 is 11.8 Å². The van der Waals surface area contributed by atoms with Crippen LogP contribution in [-0.4, -0.2) is 75.1 Å². The highest BCUT2D eigenvalue weighted by Gasteiger charge is 2.25. The molecule has 4 rings (SSSR count). The fraction of sp³-hybridized carbons (Fsp3) is 0.333. The van der Waals surface area contributed by atoms with E-state index < -0.39 is 0 Å². The molecule has 2 aromatic carbocycles. The Bertz CT molecular complexity index is 1130. The Balaban J connectivity index is 1.46. The highest BCUT2D eigenvalue weighted by molar-refractivity contribution is 7.99. The second-order valence-electron chi connectivity index (χ2n) is 7.71. The zero-order valence-corrected chi connectivity index (χ0v) is 19.7. The van der Waals surface area contributed by atoms with Crippen molar-refractivity contribution >= 4 is 23.8 Å². The van der Waals surface area contributed by atoms with Crippen molar-refractivity contribution in [3.05, 3.63) is 66.0 Å².